The molecule has 0 bridgehead atoms. The lowest BCUT2D eigenvalue weighted by atomic mass is 10.1. The highest BCUT2D eigenvalue weighted by Crippen LogP contribution is 2.33. The van der Waals surface area contributed by atoms with Crippen molar-refractivity contribution in [2.24, 2.45) is 4.99 Å². The number of carbonyl (C=O) groups is 1. The molecule has 1 fully saturated rings. The minimum absolute atomic E-state index is 0.00308. The van der Waals surface area contributed by atoms with Gasteiger partial charge >= 0.3 is 0 Å². The first-order valence-electron chi connectivity index (χ1n) is 9.90. The Kier molecular flexibility index (Phi) is 6.58. The van der Waals surface area contributed by atoms with E-state index in [9.17, 15) is 4.79 Å². The van der Waals surface area contributed by atoms with E-state index < -0.39 is 0 Å². The molecule has 1 heterocycles. The molecule has 0 unspecified atom stereocenters. The summed E-state index contributed by atoms with van der Waals surface area (Å²) in [6.45, 7) is 0.598. The summed E-state index contributed by atoms with van der Waals surface area (Å²) in [5.74, 6) is 0.00308. The van der Waals surface area contributed by atoms with Crippen molar-refractivity contribution in [3.8, 4) is 0 Å². The van der Waals surface area contributed by atoms with Crippen LogP contribution in [-0.2, 0) is 11.2 Å². The normalized spacial score (nSPS) is 16.8. The molecule has 148 valence electrons. The fraction of sp³-hybridized carbons (Fsp3) is 0.0769. The van der Waals surface area contributed by atoms with Gasteiger partial charge in [-0.3, -0.25) is 9.69 Å². The predicted molar refractivity (Wildman–Crippen MR) is 127 cm³/mol. The number of para-hydroxylation sites is 1. The van der Waals surface area contributed by atoms with Crippen LogP contribution in [0.5, 0.6) is 0 Å². The molecule has 30 heavy (non-hydrogen) atoms. The Bertz CT molecular complexity index is 1070. The number of carbonyl (C=O) groups excluding carboxylic acids is 1. The summed E-state index contributed by atoms with van der Waals surface area (Å²) < 4.78 is 0. The molecule has 0 N–H and O–H groups in total. The van der Waals surface area contributed by atoms with Gasteiger partial charge in [0, 0.05) is 6.54 Å². The number of amidine groups is 1. The third-order valence-corrected chi connectivity index (χ3v) is 5.70. The predicted octanol–water partition coefficient (Wildman–Crippen LogP) is 6.09. The van der Waals surface area contributed by atoms with Crippen molar-refractivity contribution in [3.05, 3.63) is 119 Å². The maximum atomic E-state index is 13.1. The number of amides is 1. The molecule has 1 amide bonds. The average Bonchev–Trinajstić information content (AvgIpc) is 3.08. The second-order valence-electron chi connectivity index (χ2n) is 6.83. The molecule has 3 aromatic rings. The van der Waals surface area contributed by atoms with Gasteiger partial charge in [-0.05, 0) is 47.5 Å². The van der Waals surface area contributed by atoms with E-state index in [1.165, 1.54) is 17.3 Å². The first kappa shape index (κ1) is 19.9. The van der Waals surface area contributed by atoms with E-state index in [2.05, 4.69) is 12.1 Å². The minimum atomic E-state index is 0.00308. The van der Waals surface area contributed by atoms with E-state index in [0.29, 0.717) is 11.4 Å². The van der Waals surface area contributed by atoms with Crippen molar-refractivity contribution in [1.29, 1.82) is 0 Å². The third-order valence-electron chi connectivity index (χ3n) is 4.67. The van der Waals surface area contributed by atoms with Crippen LogP contribution in [-0.4, -0.2) is 22.5 Å². The van der Waals surface area contributed by atoms with E-state index >= 15 is 0 Å². The molecule has 1 aliphatic heterocycles. The molecule has 0 atom stereocenters. The lowest BCUT2D eigenvalue weighted by Gasteiger charge is -2.15. The van der Waals surface area contributed by atoms with E-state index in [1.54, 1.807) is 4.90 Å². The Morgan fingerprint density at radius 3 is 2.17 bits per heavy atom. The van der Waals surface area contributed by atoms with Crippen LogP contribution < -0.4 is 0 Å². The fourth-order valence-electron chi connectivity index (χ4n) is 3.11. The minimum Gasteiger partial charge on any atom is -0.286 e. The molecule has 0 saturated carbocycles. The van der Waals surface area contributed by atoms with Crippen molar-refractivity contribution in [3.63, 3.8) is 0 Å². The Morgan fingerprint density at radius 1 is 0.833 bits per heavy atom. The largest absolute Gasteiger partial charge is 0.286 e. The second kappa shape index (κ2) is 9.90. The second-order valence-corrected chi connectivity index (χ2v) is 7.83. The van der Waals surface area contributed by atoms with Crippen LogP contribution in [0.2, 0.25) is 0 Å². The lowest BCUT2D eigenvalue weighted by Crippen LogP contribution is -2.31. The molecule has 4 heteroatoms. The van der Waals surface area contributed by atoms with E-state index in [-0.39, 0.29) is 5.91 Å². The zero-order chi connectivity index (χ0) is 20.6. The van der Waals surface area contributed by atoms with Gasteiger partial charge in [0.15, 0.2) is 5.17 Å². The number of benzene rings is 3. The van der Waals surface area contributed by atoms with E-state index in [0.717, 1.165) is 22.8 Å². The van der Waals surface area contributed by atoms with Crippen molar-refractivity contribution >= 4 is 34.6 Å². The number of aliphatic imine (C=N–C) groups is 1. The molecule has 1 aliphatic rings. The number of nitrogens with zero attached hydrogens (tertiary/aromatic N) is 2. The number of thioether (sulfide) groups is 1. The monoisotopic (exact) mass is 410 g/mol. The molecule has 4 rings (SSSR count). The van der Waals surface area contributed by atoms with Crippen LogP contribution in [0.3, 0.4) is 0 Å². The van der Waals surface area contributed by atoms with E-state index in [4.69, 9.17) is 4.99 Å². The maximum absolute atomic E-state index is 13.1. The highest BCUT2D eigenvalue weighted by atomic mass is 32.2. The molecule has 0 spiro atoms. The molecule has 3 aromatic carbocycles. The lowest BCUT2D eigenvalue weighted by molar-refractivity contribution is -0.122. The van der Waals surface area contributed by atoms with Crippen molar-refractivity contribution in [2.45, 2.75) is 6.42 Å². The third kappa shape index (κ3) is 5.16. The summed E-state index contributed by atoms with van der Waals surface area (Å²) in [4.78, 5) is 20.3. The quantitative estimate of drug-likeness (QED) is 0.461. The van der Waals surface area contributed by atoms with Crippen LogP contribution in [0.1, 0.15) is 11.1 Å². The van der Waals surface area contributed by atoms with Gasteiger partial charge in [-0.1, -0.05) is 91.0 Å². The zero-order valence-electron chi connectivity index (χ0n) is 16.5. The highest BCUT2D eigenvalue weighted by molar-refractivity contribution is 8.18. The first-order valence-corrected chi connectivity index (χ1v) is 10.7. The fourth-order valence-corrected chi connectivity index (χ4v) is 4.09. The van der Waals surface area contributed by atoms with Gasteiger partial charge in [-0.25, -0.2) is 4.99 Å². The molecule has 0 aromatic heterocycles. The average molecular weight is 411 g/mol. The van der Waals surface area contributed by atoms with Crippen LogP contribution in [0.4, 0.5) is 5.69 Å². The number of allylic oxidation sites excluding steroid dienone is 2. The molecular formula is C26H22N2OS. The van der Waals surface area contributed by atoms with Gasteiger partial charge in [0.05, 0.1) is 10.6 Å². The summed E-state index contributed by atoms with van der Waals surface area (Å²) >= 11 is 1.43. The molecule has 0 radical (unpaired) electrons. The van der Waals surface area contributed by atoms with Gasteiger partial charge in [-0.2, -0.15) is 0 Å². The summed E-state index contributed by atoms with van der Waals surface area (Å²) in [6.07, 6.45) is 6.59. The Balaban J connectivity index is 1.56. The Labute approximate surface area is 181 Å². The molecule has 0 aliphatic carbocycles. The number of hydrogen-bond acceptors (Lipinski definition) is 3. The standard InChI is InChI=1S/C26H22N2OS/c29-25-24(18-10-15-21-11-4-1-5-12-21)30-26(27-23-16-8-3-9-17-23)28(25)20-19-22-13-6-2-7-14-22/h1-18H,19-20H2/b15-10+,24-18+,27-26?. The summed E-state index contributed by atoms with van der Waals surface area (Å²) in [5, 5.41) is 0.724. The van der Waals surface area contributed by atoms with Gasteiger partial charge in [-0.15, -0.1) is 0 Å². The first-order chi connectivity index (χ1) is 14.8. The molecule has 1 saturated heterocycles. The molecule has 3 nitrogen and oxygen atoms in total. The zero-order valence-corrected chi connectivity index (χ0v) is 17.3. The van der Waals surface area contributed by atoms with E-state index in [1.807, 2.05) is 97.1 Å². The Hall–Kier alpha value is -3.37. The SMILES string of the molecule is O=C1/C(=C\C=C\c2ccccc2)SC(=Nc2ccccc2)N1CCc1ccccc1. The van der Waals surface area contributed by atoms with Gasteiger partial charge in [0.1, 0.15) is 0 Å². The van der Waals surface area contributed by atoms with Crippen molar-refractivity contribution in [1.82, 2.24) is 4.90 Å². The highest BCUT2D eigenvalue weighted by Gasteiger charge is 2.32. The smallest absolute Gasteiger partial charge is 0.266 e. The number of hydrogen-bond donors (Lipinski definition) is 0. The maximum Gasteiger partial charge on any atom is 0.266 e. The summed E-state index contributed by atoms with van der Waals surface area (Å²) in [5.41, 5.74) is 3.15. The van der Waals surface area contributed by atoms with Crippen LogP contribution >= 0.6 is 11.8 Å². The Morgan fingerprint density at radius 2 is 1.47 bits per heavy atom. The van der Waals surface area contributed by atoms with Gasteiger partial charge in [0.25, 0.3) is 5.91 Å². The van der Waals surface area contributed by atoms with Gasteiger partial charge < -0.3 is 0 Å². The van der Waals surface area contributed by atoms with Crippen LogP contribution in [0.15, 0.2) is 113 Å². The molecular weight excluding hydrogens is 388 g/mol. The van der Waals surface area contributed by atoms with Crippen LogP contribution in [0.25, 0.3) is 6.08 Å². The summed E-state index contributed by atoms with van der Waals surface area (Å²) in [6, 6.07) is 30.0. The number of rotatable bonds is 6. The summed E-state index contributed by atoms with van der Waals surface area (Å²) in [7, 11) is 0. The van der Waals surface area contributed by atoms with Crippen molar-refractivity contribution < 1.29 is 4.79 Å². The topological polar surface area (TPSA) is 32.7 Å². The van der Waals surface area contributed by atoms with Crippen molar-refractivity contribution in [2.75, 3.05) is 6.54 Å². The van der Waals surface area contributed by atoms with Crippen LogP contribution in [0, 0.1) is 0 Å². The van der Waals surface area contributed by atoms with Gasteiger partial charge in [0.2, 0.25) is 0 Å².